The summed E-state index contributed by atoms with van der Waals surface area (Å²) in [7, 11) is -3.10. The van der Waals surface area contributed by atoms with Gasteiger partial charge in [0.1, 0.15) is 5.37 Å². The van der Waals surface area contributed by atoms with E-state index < -0.39 is 15.2 Å². The third kappa shape index (κ3) is 2.05. The van der Waals surface area contributed by atoms with E-state index in [1.165, 1.54) is 11.2 Å². The Hall–Kier alpha value is -0.410. The van der Waals surface area contributed by atoms with Gasteiger partial charge in [-0.2, -0.15) is 17.0 Å². The number of rotatable bonds is 1. The highest BCUT2D eigenvalue weighted by molar-refractivity contribution is 8.00. The molecule has 0 aromatic heterocycles. The number of sulfone groups is 1. The SMILES string of the molecule is CS(=O)(=O)C1CSCCN1C#N. The largest absolute Gasteiger partial charge is 0.291 e. The van der Waals surface area contributed by atoms with Crippen LogP contribution in [0.4, 0.5) is 0 Å². The van der Waals surface area contributed by atoms with Crippen molar-refractivity contribution in [3.63, 3.8) is 0 Å². The molecule has 0 spiro atoms. The third-order valence-electron chi connectivity index (χ3n) is 1.71. The highest BCUT2D eigenvalue weighted by atomic mass is 32.2. The summed E-state index contributed by atoms with van der Waals surface area (Å²) in [6.45, 7) is 0.541. The summed E-state index contributed by atoms with van der Waals surface area (Å²) in [4.78, 5) is 1.34. The zero-order valence-corrected chi connectivity index (χ0v) is 8.36. The second-order valence-electron chi connectivity index (χ2n) is 2.65. The van der Waals surface area contributed by atoms with Gasteiger partial charge in [-0.15, -0.1) is 0 Å². The van der Waals surface area contributed by atoms with Gasteiger partial charge in [0.15, 0.2) is 16.0 Å². The average molecular weight is 206 g/mol. The van der Waals surface area contributed by atoms with Gasteiger partial charge in [-0.25, -0.2) is 8.42 Å². The normalized spacial score (nSPS) is 25.0. The molecule has 0 aliphatic carbocycles. The Balaban J connectivity index is 2.81. The lowest BCUT2D eigenvalue weighted by atomic mass is 10.5. The topological polar surface area (TPSA) is 61.2 Å². The van der Waals surface area contributed by atoms with Crippen molar-refractivity contribution >= 4 is 21.6 Å². The molecule has 1 rings (SSSR count). The molecule has 0 aromatic carbocycles. The first-order valence-electron chi connectivity index (χ1n) is 3.48. The predicted octanol–water partition coefficient (Wildman–Crippen LogP) is -0.113. The molecule has 0 N–H and O–H groups in total. The number of thioether (sulfide) groups is 1. The van der Waals surface area contributed by atoms with Crippen molar-refractivity contribution in [3.8, 4) is 6.19 Å². The maximum atomic E-state index is 11.1. The van der Waals surface area contributed by atoms with Crippen molar-refractivity contribution in [1.82, 2.24) is 4.90 Å². The molecule has 1 aliphatic heterocycles. The van der Waals surface area contributed by atoms with E-state index in [2.05, 4.69) is 0 Å². The summed E-state index contributed by atoms with van der Waals surface area (Å²) < 4.78 is 22.3. The van der Waals surface area contributed by atoms with Crippen LogP contribution in [0.1, 0.15) is 0 Å². The van der Waals surface area contributed by atoms with Gasteiger partial charge in [0.25, 0.3) is 0 Å². The molecule has 12 heavy (non-hydrogen) atoms. The van der Waals surface area contributed by atoms with Crippen LogP contribution in [0.5, 0.6) is 0 Å². The van der Waals surface area contributed by atoms with E-state index in [0.717, 1.165) is 5.75 Å². The van der Waals surface area contributed by atoms with Gasteiger partial charge in [0, 0.05) is 24.3 Å². The minimum atomic E-state index is -3.10. The minimum absolute atomic E-state index is 0.506. The maximum absolute atomic E-state index is 11.1. The van der Waals surface area contributed by atoms with Gasteiger partial charge in [-0.1, -0.05) is 0 Å². The van der Waals surface area contributed by atoms with Crippen LogP contribution < -0.4 is 0 Å². The Kier molecular flexibility index (Phi) is 2.85. The van der Waals surface area contributed by atoms with E-state index in [0.29, 0.717) is 12.3 Å². The fourth-order valence-electron chi connectivity index (χ4n) is 1.05. The zero-order valence-electron chi connectivity index (χ0n) is 6.73. The molecular weight excluding hydrogens is 196 g/mol. The van der Waals surface area contributed by atoms with Crippen LogP contribution in [-0.4, -0.2) is 43.0 Å². The van der Waals surface area contributed by atoms with Gasteiger partial charge in [0.05, 0.1) is 0 Å². The van der Waals surface area contributed by atoms with Crippen LogP contribution >= 0.6 is 11.8 Å². The third-order valence-corrected chi connectivity index (χ3v) is 4.35. The van der Waals surface area contributed by atoms with E-state index in [9.17, 15) is 8.42 Å². The Bertz CT molecular complexity index is 293. The number of hydrogen-bond donors (Lipinski definition) is 0. The molecule has 0 bridgehead atoms. The quantitative estimate of drug-likeness (QED) is 0.560. The highest BCUT2D eigenvalue weighted by Gasteiger charge is 2.29. The second-order valence-corrected chi connectivity index (χ2v) is 6.01. The number of nitrogens with zero attached hydrogens (tertiary/aromatic N) is 2. The molecule has 0 radical (unpaired) electrons. The van der Waals surface area contributed by atoms with Crippen LogP contribution in [-0.2, 0) is 9.84 Å². The van der Waals surface area contributed by atoms with Crippen molar-refractivity contribution in [2.24, 2.45) is 0 Å². The second kappa shape index (κ2) is 3.54. The predicted molar refractivity (Wildman–Crippen MR) is 48.3 cm³/mol. The Morgan fingerprint density at radius 3 is 2.75 bits per heavy atom. The van der Waals surface area contributed by atoms with Crippen LogP contribution in [0.2, 0.25) is 0 Å². The van der Waals surface area contributed by atoms with Gasteiger partial charge >= 0.3 is 0 Å². The smallest absolute Gasteiger partial charge is 0.180 e. The molecule has 1 heterocycles. The maximum Gasteiger partial charge on any atom is 0.180 e. The molecule has 1 fully saturated rings. The number of hydrogen-bond acceptors (Lipinski definition) is 5. The summed E-state index contributed by atoms with van der Waals surface area (Å²) in [6.07, 6.45) is 3.08. The summed E-state index contributed by atoms with van der Waals surface area (Å²) in [6, 6.07) is 0. The van der Waals surface area contributed by atoms with E-state index in [-0.39, 0.29) is 0 Å². The molecule has 0 amide bonds. The fraction of sp³-hybridized carbons (Fsp3) is 0.833. The van der Waals surface area contributed by atoms with Crippen molar-refractivity contribution < 1.29 is 8.42 Å². The molecule has 6 heteroatoms. The lowest BCUT2D eigenvalue weighted by molar-refractivity contribution is 0.386. The van der Waals surface area contributed by atoms with Crippen molar-refractivity contribution in [2.75, 3.05) is 24.3 Å². The summed E-state index contributed by atoms with van der Waals surface area (Å²) in [5.41, 5.74) is 0. The highest BCUT2D eigenvalue weighted by Crippen LogP contribution is 2.18. The lowest BCUT2D eigenvalue weighted by Gasteiger charge is -2.28. The molecule has 1 atom stereocenters. The molecule has 4 nitrogen and oxygen atoms in total. The first kappa shape index (κ1) is 9.68. The monoisotopic (exact) mass is 206 g/mol. The van der Waals surface area contributed by atoms with Crippen LogP contribution in [0.3, 0.4) is 0 Å². The zero-order chi connectivity index (χ0) is 9.19. The van der Waals surface area contributed by atoms with E-state index in [1.54, 1.807) is 11.8 Å². The van der Waals surface area contributed by atoms with E-state index in [1.807, 2.05) is 6.19 Å². The van der Waals surface area contributed by atoms with Crippen molar-refractivity contribution in [1.29, 1.82) is 5.26 Å². The fourth-order valence-corrected chi connectivity index (χ4v) is 3.82. The summed E-state index contributed by atoms with van der Waals surface area (Å²) in [5.74, 6) is 1.34. The molecule has 68 valence electrons. The minimum Gasteiger partial charge on any atom is -0.291 e. The molecule has 1 saturated heterocycles. The Morgan fingerprint density at radius 2 is 2.33 bits per heavy atom. The summed E-state index contributed by atoms with van der Waals surface area (Å²) in [5, 5.41) is 8.02. The molecule has 1 unspecified atom stereocenters. The Labute approximate surface area is 76.5 Å². The molecule has 1 aliphatic rings. The van der Waals surface area contributed by atoms with Gasteiger partial charge < -0.3 is 0 Å². The molecule has 0 aromatic rings. The van der Waals surface area contributed by atoms with Crippen molar-refractivity contribution in [3.05, 3.63) is 0 Å². The standard InChI is InChI=1S/C6H10N2O2S2/c1-12(9,10)6-4-11-3-2-8(6)5-7/h6H,2-4H2,1H3. The first-order valence-corrected chi connectivity index (χ1v) is 6.59. The lowest BCUT2D eigenvalue weighted by Crippen LogP contribution is -2.43. The van der Waals surface area contributed by atoms with E-state index in [4.69, 9.17) is 5.26 Å². The van der Waals surface area contributed by atoms with Crippen molar-refractivity contribution in [2.45, 2.75) is 5.37 Å². The average Bonchev–Trinajstić information content (AvgIpc) is 2.03. The van der Waals surface area contributed by atoms with Crippen LogP contribution in [0.15, 0.2) is 0 Å². The van der Waals surface area contributed by atoms with Gasteiger partial charge in [0.2, 0.25) is 0 Å². The molecule has 0 saturated carbocycles. The van der Waals surface area contributed by atoms with Gasteiger partial charge in [-0.05, 0) is 0 Å². The first-order chi connectivity index (χ1) is 5.55. The number of nitriles is 1. The molecular formula is C6H10N2O2S2. The van der Waals surface area contributed by atoms with Crippen LogP contribution in [0, 0.1) is 11.5 Å². The Morgan fingerprint density at radius 1 is 1.67 bits per heavy atom. The summed E-state index contributed by atoms with van der Waals surface area (Å²) >= 11 is 1.58. The van der Waals surface area contributed by atoms with E-state index >= 15 is 0 Å². The van der Waals surface area contributed by atoms with Gasteiger partial charge in [-0.3, -0.25) is 4.90 Å². The van der Waals surface area contributed by atoms with Crippen LogP contribution in [0.25, 0.3) is 0 Å².